The molecule has 1 aromatic heterocycles. The van der Waals surface area contributed by atoms with Crippen LogP contribution in [0.4, 0.5) is 0 Å². The molecule has 0 atom stereocenters. The molecule has 1 aromatic carbocycles. The summed E-state index contributed by atoms with van der Waals surface area (Å²) in [6.07, 6.45) is 0.831. The van der Waals surface area contributed by atoms with Crippen molar-refractivity contribution in [1.29, 1.82) is 0 Å². The number of aryl methyl sites for hydroxylation is 2. The van der Waals surface area contributed by atoms with Gasteiger partial charge < -0.3 is 0 Å². The van der Waals surface area contributed by atoms with E-state index < -0.39 is 0 Å². The van der Waals surface area contributed by atoms with E-state index in [1.54, 1.807) is 4.68 Å². The third kappa shape index (κ3) is 3.56. The first kappa shape index (κ1) is 14.1. The Bertz CT molecular complexity index is 525. The van der Waals surface area contributed by atoms with Crippen LogP contribution in [-0.4, -0.2) is 9.78 Å². The standard InChI is InChI=1S/C14H18ClN3O/c1-3-12-14(15)13(18(2)17-12)9-16-19-10-11-7-5-4-6-8-11/h4-8,16H,3,9-10H2,1-2H3. The fraction of sp³-hybridized carbons (Fsp3) is 0.357. The van der Waals surface area contributed by atoms with Crippen molar-refractivity contribution in [2.24, 2.45) is 7.05 Å². The van der Waals surface area contributed by atoms with Crippen molar-refractivity contribution in [2.45, 2.75) is 26.5 Å². The molecule has 0 radical (unpaired) electrons. The number of nitrogens with one attached hydrogen (secondary N) is 1. The molecule has 2 aromatic rings. The highest BCUT2D eigenvalue weighted by molar-refractivity contribution is 6.31. The molecule has 0 aliphatic carbocycles. The number of rotatable bonds is 6. The lowest BCUT2D eigenvalue weighted by molar-refractivity contribution is 0.0223. The van der Waals surface area contributed by atoms with Gasteiger partial charge in [0.25, 0.3) is 0 Å². The van der Waals surface area contributed by atoms with E-state index in [1.807, 2.05) is 44.3 Å². The molecule has 0 unspecified atom stereocenters. The van der Waals surface area contributed by atoms with Crippen LogP contribution in [0, 0.1) is 0 Å². The zero-order chi connectivity index (χ0) is 13.7. The Morgan fingerprint density at radius 1 is 1.32 bits per heavy atom. The van der Waals surface area contributed by atoms with Crippen LogP contribution in [0.25, 0.3) is 0 Å². The van der Waals surface area contributed by atoms with E-state index in [2.05, 4.69) is 10.6 Å². The van der Waals surface area contributed by atoms with Gasteiger partial charge in [-0.25, -0.2) is 0 Å². The monoisotopic (exact) mass is 279 g/mol. The molecule has 0 aliphatic rings. The van der Waals surface area contributed by atoms with Gasteiger partial charge in [0.05, 0.1) is 29.6 Å². The summed E-state index contributed by atoms with van der Waals surface area (Å²) >= 11 is 6.25. The van der Waals surface area contributed by atoms with Gasteiger partial charge in [-0.1, -0.05) is 48.9 Å². The Morgan fingerprint density at radius 3 is 2.68 bits per heavy atom. The molecule has 0 amide bonds. The topological polar surface area (TPSA) is 39.1 Å². The average Bonchev–Trinajstić information content (AvgIpc) is 2.71. The number of halogens is 1. The van der Waals surface area contributed by atoms with Crippen molar-refractivity contribution in [3.05, 3.63) is 52.3 Å². The van der Waals surface area contributed by atoms with E-state index in [-0.39, 0.29) is 0 Å². The molecule has 1 N–H and O–H groups in total. The van der Waals surface area contributed by atoms with Crippen molar-refractivity contribution in [1.82, 2.24) is 15.3 Å². The summed E-state index contributed by atoms with van der Waals surface area (Å²) in [4.78, 5) is 5.43. The molecule has 102 valence electrons. The van der Waals surface area contributed by atoms with E-state index in [4.69, 9.17) is 16.4 Å². The molecular weight excluding hydrogens is 262 g/mol. The molecule has 0 bridgehead atoms. The zero-order valence-corrected chi connectivity index (χ0v) is 11.9. The minimum absolute atomic E-state index is 0.525. The predicted molar refractivity (Wildman–Crippen MR) is 75.7 cm³/mol. The number of benzene rings is 1. The van der Waals surface area contributed by atoms with Gasteiger partial charge >= 0.3 is 0 Å². The molecule has 0 spiro atoms. The fourth-order valence-corrected chi connectivity index (χ4v) is 2.20. The normalized spacial score (nSPS) is 10.9. The fourth-order valence-electron chi connectivity index (χ4n) is 1.84. The highest BCUT2D eigenvalue weighted by atomic mass is 35.5. The molecule has 4 nitrogen and oxygen atoms in total. The van der Waals surface area contributed by atoms with Crippen LogP contribution in [0.3, 0.4) is 0 Å². The highest BCUT2D eigenvalue weighted by Gasteiger charge is 2.12. The van der Waals surface area contributed by atoms with Gasteiger partial charge in [-0.2, -0.15) is 10.6 Å². The van der Waals surface area contributed by atoms with Crippen LogP contribution in [0.2, 0.25) is 5.02 Å². The van der Waals surface area contributed by atoms with Gasteiger partial charge in [0, 0.05) is 7.05 Å². The summed E-state index contributed by atoms with van der Waals surface area (Å²) in [5.74, 6) is 0. The number of hydrogen-bond donors (Lipinski definition) is 1. The second-order valence-electron chi connectivity index (χ2n) is 4.28. The maximum Gasteiger partial charge on any atom is 0.0933 e. The number of hydrogen-bond acceptors (Lipinski definition) is 3. The van der Waals surface area contributed by atoms with Crippen LogP contribution < -0.4 is 5.48 Å². The van der Waals surface area contributed by atoms with E-state index >= 15 is 0 Å². The third-order valence-corrected chi connectivity index (χ3v) is 3.36. The van der Waals surface area contributed by atoms with Crippen molar-refractivity contribution < 1.29 is 4.84 Å². The average molecular weight is 280 g/mol. The Labute approximate surface area is 118 Å². The van der Waals surface area contributed by atoms with Gasteiger partial charge in [0.1, 0.15) is 0 Å². The first-order chi connectivity index (χ1) is 9.22. The molecular formula is C14H18ClN3O. The Balaban J connectivity index is 1.85. The van der Waals surface area contributed by atoms with Gasteiger partial charge in [0.2, 0.25) is 0 Å². The number of hydroxylamine groups is 1. The quantitative estimate of drug-likeness (QED) is 0.653. The molecule has 0 saturated carbocycles. The first-order valence-corrected chi connectivity index (χ1v) is 6.69. The van der Waals surface area contributed by atoms with Gasteiger partial charge in [-0.3, -0.25) is 9.52 Å². The zero-order valence-electron chi connectivity index (χ0n) is 11.2. The van der Waals surface area contributed by atoms with Crippen LogP contribution in [0.1, 0.15) is 23.9 Å². The lowest BCUT2D eigenvalue weighted by Gasteiger charge is -2.06. The van der Waals surface area contributed by atoms with Gasteiger partial charge in [-0.05, 0) is 12.0 Å². The Kier molecular flexibility index (Phi) is 4.96. The van der Waals surface area contributed by atoms with Crippen LogP contribution in [0.15, 0.2) is 30.3 Å². The largest absolute Gasteiger partial charge is 0.297 e. The first-order valence-electron chi connectivity index (χ1n) is 6.31. The smallest absolute Gasteiger partial charge is 0.0933 e. The minimum Gasteiger partial charge on any atom is -0.297 e. The summed E-state index contributed by atoms with van der Waals surface area (Å²) in [6.45, 7) is 3.10. The summed E-state index contributed by atoms with van der Waals surface area (Å²) in [5.41, 5.74) is 5.91. The molecule has 5 heteroatoms. The predicted octanol–water partition coefficient (Wildman–Crippen LogP) is 2.86. The maximum absolute atomic E-state index is 6.25. The molecule has 0 fully saturated rings. The number of nitrogens with zero attached hydrogens (tertiary/aromatic N) is 2. The summed E-state index contributed by atoms with van der Waals surface area (Å²) in [6, 6.07) is 10.0. The van der Waals surface area contributed by atoms with E-state index in [0.717, 1.165) is 28.4 Å². The second-order valence-corrected chi connectivity index (χ2v) is 4.66. The molecule has 0 saturated heterocycles. The van der Waals surface area contributed by atoms with Gasteiger partial charge in [0.15, 0.2) is 0 Å². The van der Waals surface area contributed by atoms with E-state index in [9.17, 15) is 0 Å². The molecule has 19 heavy (non-hydrogen) atoms. The SMILES string of the molecule is CCc1nn(C)c(CNOCc2ccccc2)c1Cl. The highest BCUT2D eigenvalue weighted by Crippen LogP contribution is 2.20. The van der Waals surface area contributed by atoms with Crippen molar-refractivity contribution in [2.75, 3.05) is 0 Å². The van der Waals surface area contributed by atoms with Gasteiger partial charge in [-0.15, -0.1) is 0 Å². The Hall–Kier alpha value is -1.36. The Morgan fingerprint density at radius 2 is 2.05 bits per heavy atom. The molecule has 1 heterocycles. The number of aromatic nitrogens is 2. The molecule has 0 aliphatic heterocycles. The summed E-state index contributed by atoms with van der Waals surface area (Å²) in [7, 11) is 1.89. The van der Waals surface area contributed by atoms with Crippen LogP contribution >= 0.6 is 11.6 Å². The lowest BCUT2D eigenvalue weighted by Crippen LogP contribution is -2.16. The molecule has 2 rings (SSSR count). The van der Waals surface area contributed by atoms with Crippen LogP contribution in [-0.2, 0) is 31.5 Å². The maximum atomic E-state index is 6.25. The van der Waals surface area contributed by atoms with Crippen molar-refractivity contribution >= 4 is 11.6 Å². The minimum atomic E-state index is 0.525. The van der Waals surface area contributed by atoms with E-state index in [0.29, 0.717) is 13.2 Å². The summed E-state index contributed by atoms with van der Waals surface area (Å²) < 4.78 is 1.79. The van der Waals surface area contributed by atoms with Crippen molar-refractivity contribution in [3.8, 4) is 0 Å². The third-order valence-electron chi connectivity index (χ3n) is 2.93. The van der Waals surface area contributed by atoms with Crippen LogP contribution in [0.5, 0.6) is 0 Å². The summed E-state index contributed by atoms with van der Waals surface area (Å²) in [5, 5.41) is 5.08. The second kappa shape index (κ2) is 6.70. The lowest BCUT2D eigenvalue weighted by atomic mass is 10.2. The van der Waals surface area contributed by atoms with E-state index in [1.165, 1.54) is 0 Å². The van der Waals surface area contributed by atoms with Crippen molar-refractivity contribution in [3.63, 3.8) is 0 Å².